The maximum atomic E-state index is 2.46. The predicted molar refractivity (Wildman–Crippen MR) is 60.1 cm³/mol. The van der Waals surface area contributed by atoms with Crippen LogP contribution < -0.4 is 0 Å². The highest BCUT2D eigenvalue weighted by atomic mass is 14.6. The zero-order chi connectivity index (χ0) is 9.97. The molecule has 0 aromatic rings. The van der Waals surface area contributed by atoms with E-state index in [0.717, 1.165) is 23.2 Å². The number of rotatable bonds is 0. The normalized spacial score (nSPS) is 51.2. The van der Waals surface area contributed by atoms with Gasteiger partial charge in [-0.3, -0.25) is 0 Å². The summed E-state index contributed by atoms with van der Waals surface area (Å²) < 4.78 is 0. The molecule has 3 fully saturated rings. The number of fused-ring (bicyclic) bond motifs is 1. The molecule has 0 aromatic carbocycles. The highest BCUT2D eigenvalue weighted by Crippen LogP contribution is 2.69. The van der Waals surface area contributed by atoms with Gasteiger partial charge in [-0.1, -0.05) is 27.2 Å². The molecule has 2 bridgehead atoms. The first-order chi connectivity index (χ1) is 6.51. The molecule has 3 rings (SSSR count). The summed E-state index contributed by atoms with van der Waals surface area (Å²) in [6.45, 7) is 7.37. The quantitative estimate of drug-likeness (QED) is 0.538. The summed E-state index contributed by atoms with van der Waals surface area (Å²) in [4.78, 5) is 0. The molecule has 80 valence electrons. The molecule has 0 N–H and O–H groups in total. The number of hydrogen-bond donors (Lipinski definition) is 0. The minimum absolute atomic E-state index is 0.571. The molecule has 0 nitrogen and oxygen atoms in total. The molecule has 0 radical (unpaired) electrons. The molecule has 0 heteroatoms. The van der Waals surface area contributed by atoms with Gasteiger partial charge in [-0.15, -0.1) is 0 Å². The zero-order valence-corrected chi connectivity index (χ0v) is 9.97. The van der Waals surface area contributed by atoms with Crippen molar-refractivity contribution < 1.29 is 0 Å². The summed E-state index contributed by atoms with van der Waals surface area (Å²) in [5.41, 5.74) is 1.42. The molecule has 14 heavy (non-hydrogen) atoms. The molecule has 0 amide bonds. The Bertz CT molecular complexity index is 247. The molecule has 4 unspecified atom stereocenters. The maximum absolute atomic E-state index is 2.46. The fourth-order valence-electron chi connectivity index (χ4n) is 5.09. The molecule has 0 aliphatic heterocycles. The molecule has 4 atom stereocenters. The molecule has 1 spiro atoms. The molecule has 3 aliphatic carbocycles. The van der Waals surface area contributed by atoms with Gasteiger partial charge in [0, 0.05) is 0 Å². The van der Waals surface area contributed by atoms with Crippen LogP contribution in [0, 0.1) is 28.6 Å². The van der Waals surface area contributed by atoms with Gasteiger partial charge in [0.1, 0.15) is 0 Å². The van der Waals surface area contributed by atoms with Crippen LogP contribution in [0.3, 0.4) is 0 Å². The Morgan fingerprint density at radius 1 is 1.14 bits per heavy atom. The minimum atomic E-state index is 0.571. The van der Waals surface area contributed by atoms with E-state index in [1.54, 1.807) is 32.1 Å². The van der Waals surface area contributed by atoms with Gasteiger partial charge in [-0.05, 0) is 60.7 Å². The summed E-state index contributed by atoms with van der Waals surface area (Å²) in [6, 6.07) is 0. The van der Waals surface area contributed by atoms with Crippen LogP contribution in [-0.2, 0) is 0 Å². The van der Waals surface area contributed by atoms with Crippen molar-refractivity contribution in [2.45, 2.75) is 59.3 Å². The van der Waals surface area contributed by atoms with Crippen molar-refractivity contribution in [3.8, 4) is 0 Å². The second-order valence-corrected chi connectivity index (χ2v) is 7.33. The lowest BCUT2D eigenvalue weighted by molar-refractivity contribution is 0.106. The van der Waals surface area contributed by atoms with E-state index >= 15 is 0 Å². The molecule has 0 saturated heterocycles. The molecule has 3 aliphatic rings. The highest BCUT2D eigenvalue weighted by molar-refractivity contribution is 5.09. The van der Waals surface area contributed by atoms with Gasteiger partial charge in [-0.25, -0.2) is 0 Å². The van der Waals surface area contributed by atoms with Gasteiger partial charge >= 0.3 is 0 Å². The lowest BCUT2D eigenvalue weighted by atomic mass is 9.66. The van der Waals surface area contributed by atoms with E-state index in [-0.39, 0.29) is 0 Å². The van der Waals surface area contributed by atoms with Crippen LogP contribution in [0.15, 0.2) is 0 Å². The Morgan fingerprint density at radius 3 is 2.64 bits per heavy atom. The van der Waals surface area contributed by atoms with Crippen LogP contribution >= 0.6 is 0 Å². The van der Waals surface area contributed by atoms with Crippen molar-refractivity contribution in [2.75, 3.05) is 0 Å². The second kappa shape index (κ2) is 2.57. The third kappa shape index (κ3) is 1.06. The summed E-state index contributed by atoms with van der Waals surface area (Å²) >= 11 is 0. The Hall–Kier alpha value is 0. The van der Waals surface area contributed by atoms with Crippen LogP contribution in [-0.4, -0.2) is 0 Å². The topological polar surface area (TPSA) is 0 Å². The largest absolute Gasteiger partial charge is 0.0599 e. The number of hydrogen-bond acceptors (Lipinski definition) is 0. The molecule has 0 heterocycles. The zero-order valence-electron chi connectivity index (χ0n) is 9.97. The van der Waals surface area contributed by atoms with E-state index < -0.39 is 0 Å². The average molecular weight is 192 g/mol. The Morgan fingerprint density at radius 2 is 1.93 bits per heavy atom. The molecular formula is C14H24. The van der Waals surface area contributed by atoms with E-state index in [0.29, 0.717) is 5.41 Å². The van der Waals surface area contributed by atoms with Gasteiger partial charge in [0.2, 0.25) is 0 Å². The highest BCUT2D eigenvalue weighted by Gasteiger charge is 2.59. The summed E-state index contributed by atoms with van der Waals surface area (Å²) in [5.74, 6) is 3.28. The van der Waals surface area contributed by atoms with Gasteiger partial charge < -0.3 is 0 Å². The van der Waals surface area contributed by atoms with Gasteiger partial charge in [0.05, 0.1) is 0 Å². The summed E-state index contributed by atoms with van der Waals surface area (Å²) in [5, 5.41) is 0. The van der Waals surface area contributed by atoms with Gasteiger partial charge in [0.25, 0.3) is 0 Å². The van der Waals surface area contributed by atoms with Crippen LogP contribution in [0.1, 0.15) is 59.3 Å². The molecular weight excluding hydrogens is 168 g/mol. The SMILES string of the molecule is CC(C)(C)C1CC23CCCC2CC1C3. The smallest absolute Gasteiger partial charge is 0.0263 e. The first-order valence-electron chi connectivity index (χ1n) is 6.51. The van der Waals surface area contributed by atoms with E-state index in [1.807, 2.05) is 0 Å². The average Bonchev–Trinajstić information content (AvgIpc) is 2.63. The second-order valence-electron chi connectivity index (χ2n) is 7.33. The van der Waals surface area contributed by atoms with Crippen LogP contribution in [0.25, 0.3) is 0 Å². The van der Waals surface area contributed by atoms with Gasteiger partial charge in [0.15, 0.2) is 0 Å². The van der Waals surface area contributed by atoms with Crippen LogP contribution in [0.2, 0.25) is 0 Å². The molecule has 0 aromatic heterocycles. The first kappa shape index (κ1) is 9.24. The van der Waals surface area contributed by atoms with E-state index in [2.05, 4.69) is 20.8 Å². The van der Waals surface area contributed by atoms with Gasteiger partial charge in [-0.2, -0.15) is 0 Å². The van der Waals surface area contributed by atoms with Crippen molar-refractivity contribution in [1.29, 1.82) is 0 Å². The Kier molecular flexibility index (Phi) is 1.70. The Balaban J connectivity index is 1.86. The summed E-state index contributed by atoms with van der Waals surface area (Å²) in [6.07, 6.45) is 9.43. The standard InChI is InChI=1S/C14H24/c1-13(2,3)12-9-14-6-4-5-11(14)7-10(12)8-14/h10-12H,4-9H2,1-3H3. The van der Waals surface area contributed by atoms with Crippen molar-refractivity contribution in [1.82, 2.24) is 0 Å². The third-order valence-electron chi connectivity index (χ3n) is 5.66. The van der Waals surface area contributed by atoms with Crippen LogP contribution in [0.5, 0.6) is 0 Å². The van der Waals surface area contributed by atoms with Crippen molar-refractivity contribution >= 4 is 0 Å². The molecule has 3 saturated carbocycles. The van der Waals surface area contributed by atoms with Crippen molar-refractivity contribution in [3.05, 3.63) is 0 Å². The lowest BCUT2D eigenvalue weighted by Gasteiger charge is -2.39. The van der Waals surface area contributed by atoms with E-state index in [1.165, 1.54) is 6.42 Å². The fraction of sp³-hybridized carbons (Fsp3) is 1.00. The van der Waals surface area contributed by atoms with Crippen molar-refractivity contribution in [2.24, 2.45) is 28.6 Å². The monoisotopic (exact) mass is 192 g/mol. The minimum Gasteiger partial charge on any atom is -0.0599 e. The van der Waals surface area contributed by atoms with Crippen LogP contribution in [0.4, 0.5) is 0 Å². The van der Waals surface area contributed by atoms with Crippen molar-refractivity contribution in [3.63, 3.8) is 0 Å². The predicted octanol–water partition coefficient (Wildman–Crippen LogP) is 4.25. The first-order valence-corrected chi connectivity index (χ1v) is 6.51. The fourth-order valence-corrected chi connectivity index (χ4v) is 5.09. The van der Waals surface area contributed by atoms with E-state index in [9.17, 15) is 0 Å². The Labute approximate surface area is 88.5 Å². The lowest BCUT2D eigenvalue weighted by Crippen LogP contribution is -2.30. The van der Waals surface area contributed by atoms with E-state index in [4.69, 9.17) is 0 Å². The third-order valence-corrected chi connectivity index (χ3v) is 5.66. The maximum Gasteiger partial charge on any atom is -0.0263 e. The summed E-state index contributed by atoms with van der Waals surface area (Å²) in [7, 11) is 0.